The zero-order valence-corrected chi connectivity index (χ0v) is 13.6. The van der Waals surface area contributed by atoms with Crippen molar-refractivity contribution in [3.8, 4) is 5.75 Å². The van der Waals surface area contributed by atoms with E-state index in [1.807, 2.05) is 13.8 Å². The first-order chi connectivity index (χ1) is 10.4. The van der Waals surface area contributed by atoms with Crippen molar-refractivity contribution in [1.29, 1.82) is 0 Å². The number of aryl methyl sites for hydroxylation is 1. The first-order valence-corrected chi connectivity index (χ1v) is 7.74. The van der Waals surface area contributed by atoms with Crippen LogP contribution in [0.15, 0.2) is 18.2 Å². The van der Waals surface area contributed by atoms with Crippen molar-refractivity contribution in [3.05, 3.63) is 28.8 Å². The Kier molecular flexibility index (Phi) is 5.29. The lowest BCUT2D eigenvalue weighted by molar-refractivity contribution is -0.139. The summed E-state index contributed by atoms with van der Waals surface area (Å²) in [6.45, 7) is 4.16. The van der Waals surface area contributed by atoms with Crippen LogP contribution in [0, 0.1) is 12.8 Å². The summed E-state index contributed by atoms with van der Waals surface area (Å²) in [7, 11) is 0. The molecule has 0 unspecified atom stereocenters. The number of benzene rings is 1. The van der Waals surface area contributed by atoms with Crippen LogP contribution in [0.2, 0.25) is 5.02 Å². The summed E-state index contributed by atoms with van der Waals surface area (Å²) in [6.07, 6.45) is 1.51. The maximum atomic E-state index is 12.4. The lowest BCUT2D eigenvalue weighted by atomic mass is 9.93. The van der Waals surface area contributed by atoms with Gasteiger partial charge in [0, 0.05) is 17.6 Å². The number of hydrogen-bond acceptors (Lipinski definition) is 3. The number of piperidine rings is 1. The zero-order chi connectivity index (χ0) is 16.3. The number of halogens is 1. The fraction of sp³-hybridized carbons (Fsp3) is 0.500. The molecule has 5 nitrogen and oxygen atoms in total. The molecule has 2 rings (SSSR count). The molecular formula is C16H21ClN2O3. The van der Waals surface area contributed by atoms with Gasteiger partial charge in [-0.1, -0.05) is 11.6 Å². The lowest BCUT2D eigenvalue weighted by Crippen LogP contribution is -2.50. The van der Waals surface area contributed by atoms with Gasteiger partial charge in [-0.3, -0.25) is 9.59 Å². The normalized spacial score (nSPS) is 21.5. The monoisotopic (exact) mass is 324 g/mol. The predicted octanol–water partition coefficient (Wildman–Crippen LogP) is 2.14. The standard InChI is InChI=1S/C16H21ClN2O3/c1-10-7-13(17)5-6-14(10)22-9-15(20)19-8-12(16(18)21)4-3-11(19)2/h5-7,11-12H,3-4,8-9H2,1-2H3,(H2,18,21)/t11-,12+/m0/s1. The van der Waals surface area contributed by atoms with Crippen LogP contribution in [0.1, 0.15) is 25.3 Å². The molecule has 0 aromatic heterocycles. The molecule has 1 heterocycles. The highest BCUT2D eigenvalue weighted by Gasteiger charge is 2.31. The fourth-order valence-electron chi connectivity index (χ4n) is 2.68. The number of hydrogen-bond donors (Lipinski definition) is 1. The lowest BCUT2D eigenvalue weighted by Gasteiger charge is -2.36. The molecule has 2 N–H and O–H groups in total. The molecule has 0 bridgehead atoms. The fourth-order valence-corrected chi connectivity index (χ4v) is 2.91. The minimum atomic E-state index is -0.348. The summed E-state index contributed by atoms with van der Waals surface area (Å²) in [6, 6.07) is 5.35. The van der Waals surface area contributed by atoms with Crippen LogP contribution in [-0.4, -0.2) is 35.9 Å². The average Bonchev–Trinajstić information content (AvgIpc) is 2.46. The van der Waals surface area contributed by atoms with Crippen molar-refractivity contribution in [1.82, 2.24) is 4.90 Å². The summed E-state index contributed by atoms with van der Waals surface area (Å²) in [5.41, 5.74) is 6.23. The number of likely N-dealkylation sites (tertiary alicyclic amines) is 1. The van der Waals surface area contributed by atoms with Crippen LogP contribution >= 0.6 is 11.6 Å². The van der Waals surface area contributed by atoms with Gasteiger partial charge >= 0.3 is 0 Å². The van der Waals surface area contributed by atoms with Gasteiger partial charge in [-0.25, -0.2) is 0 Å². The minimum absolute atomic E-state index is 0.0572. The third kappa shape index (κ3) is 3.91. The van der Waals surface area contributed by atoms with Crippen LogP contribution in [0.5, 0.6) is 5.75 Å². The molecule has 1 aromatic carbocycles. The maximum Gasteiger partial charge on any atom is 0.260 e. The molecule has 22 heavy (non-hydrogen) atoms. The number of rotatable bonds is 4. The molecule has 2 atom stereocenters. The number of carbonyl (C=O) groups excluding carboxylic acids is 2. The number of amides is 2. The van der Waals surface area contributed by atoms with E-state index in [4.69, 9.17) is 22.1 Å². The molecule has 0 aliphatic carbocycles. The Balaban J connectivity index is 1.97. The van der Waals surface area contributed by atoms with Crippen molar-refractivity contribution in [2.75, 3.05) is 13.2 Å². The van der Waals surface area contributed by atoms with Gasteiger partial charge in [0.15, 0.2) is 6.61 Å². The Bertz CT molecular complexity index is 577. The van der Waals surface area contributed by atoms with E-state index in [0.29, 0.717) is 17.3 Å². The van der Waals surface area contributed by atoms with Gasteiger partial charge in [0.1, 0.15) is 5.75 Å². The second-order valence-electron chi connectivity index (χ2n) is 5.77. The molecule has 120 valence electrons. The van der Waals surface area contributed by atoms with E-state index >= 15 is 0 Å². The molecule has 1 fully saturated rings. The van der Waals surface area contributed by atoms with Crippen LogP contribution in [-0.2, 0) is 9.59 Å². The number of ether oxygens (including phenoxy) is 1. The molecule has 1 aliphatic heterocycles. The quantitative estimate of drug-likeness (QED) is 0.922. The van der Waals surface area contributed by atoms with Crippen molar-refractivity contribution in [3.63, 3.8) is 0 Å². The molecule has 1 aromatic rings. The highest BCUT2D eigenvalue weighted by Crippen LogP contribution is 2.24. The predicted molar refractivity (Wildman–Crippen MR) is 84.8 cm³/mol. The summed E-state index contributed by atoms with van der Waals surface area (Å²) in [5.74, 6) is -0.113. The van der Waals surface area contributed by atoms with E-state index in [0.717, 1.165) is 18.4 Å². The van der Waals surface area contributed by atoms with Crippen LogP contribution in [0.25, 0.3) is 0 Å². The SMILES string of the molecule is Cc1cc(Cl)ccc1OCC(=O)N1C[C@H](C(N)=O)CC[C@@H]1C. The van der Waals surface area contributed by atoms with Gasteiger partial charge in [0.2, 0.25) is 5.91 Å². The molecule has 1 saturated heterocycles. The number of nitrogens with zero attached hydrogens (tertiary/aromatic N) is 1. The Morgan fingerprint density at radius 3 is 2.77 bits per heavy atom. The zero-order valence-electron chi connectivity index (χ0n) is 12.8. The highest BCUT2D eigenvalue weighted by molar-refractivity contribution is 6.30. The van der Waals surface area contributed by atoms with Gasteiger partial charge in [0.25, 0.3) is 5.91 Å². The Morgan fingerprint density at radius 1 is 1.41 bits per heavy atom. The van der Waals surface area contributed by atoms with Crippen molar-refractivity contribution in [2.45, 2.75) is 32.7 Å². The van der Waals surface area contributed by atoms with Gasteiger partial charge in [-0.05, 0) is 50.5 Å². The van der Waals surface area contributed by atoms with E-state index in [2.05, 4.69) is 0 Å². The van der Waals surface area contributed by atoms with E-state index in [-0.39, 0.29) is 30.4 Å². The molecule has 6 heteroatoms. The number of carbonyl (C=O) groups is 2. The molecule has 0 spiro atoms. The van der Waals surface area contributed by atoms with Gasteiger partial charge in [-0.2, -0.15) is 0 Å². The molecular weight excluding hydrogens is 304 g/mol. The Morgan fingerprint density at radius 2 is 2.14 bits per heavy atom. The smallest absolute Gasteiger partial charge is 0.260 e. The second kappa shape index (κ2) is 7.01. The van der Waals surface area contributed by atoms with E-state index < -0.39 is 0 Å². The largest absolute Gasteiger partial charge is 0.483 e. The van der Waals surface area contributed by atoms with E-state index in [9.17, 15) is 9.59 Å². The first-order valence-electron chi connectivity index (χ1n) is 7.36. The van der Waals surface area contributed by atoms with Crippen molar-refractivity contribution in [2.24, 2.45) is 11.7 Å². The van der Waals surface area contributed by atoms with E-state index in [1.165, 1.54) is 0 Å². The summed E-state index contributed by atoms with van der Waals surface area (Å²) in [4.78, 5) is 25.4. The van der Waals surface area contributed by atoms with Gasteiger partial charge in [-0.15, -0.1) is 0 Å². The van der Waals surface area contributed by atoms with Crippen LogP contribution in [0.4, 0.5) is 0 Å². The van der Waals surface area contributed by atoms with Crippen LogP contribution in [0.3, 0.4) is 0 Å². The Hall–Kier alpha value is -1.75. The molecule has 2 amide bonds. The molecule has 0 radical (unpaired) electrons. The average molecular weight is 325 g/mol. The Labute approximate surface area is 135 Å². The highest BCUT2D eigenvalue weighted by atomic mass is 35.5. The number of primary amides is 1. The second-order valence-corrected chi connectivity index (χ2v) is 6.21. The van der Waals surface area contributed by atoms with Crippen molar-refractivity contribution < 1.29 is 14.3 Å². The summed E-state index contributed by atoms with van der Waals surface area (Å²) < 4.78 is 5.58. The third-order valence-corrected chi connectivity index (χ3v) is 4.33. The van der Waals surface area contributed by atoms with E-state index in [1.54, 1.807) is 23.1 Å². The molecule has 0 saturated carbocycles. The van der Waals surface area contributed by atoms with Crippen molar-refractivity contribution >= 4 is 23.4 Å². The topological polar surface area (TPSA) is 72.6 Å². The maximum absolute atomic E-state index is 12.4. The summed E-state index contributed by atoms with van der Waals surface area (Å²) in [5, 5.41) is 0.630. The van der Waals surface area contributed by atoms with Gasteiger partial charge in [0.05, 0.1) is 5.92 Å². The summed E-state index contributed by atoms with van der Waals surface area (Å²) >= 11 is 5.89. The number of nitrogens with two attached hydrogens (primary N) is 1. The van der Waals surface area contributed by atoms with Crippen LogP contribution < -0.4 is 10.5 Å². The minimum Gasteiger partial charge on any atom is -0.483 e. The van der Waals surface area contributed by atoms with Gasteiger partial charge < -0.3 is 15.4 Å². The first kappa shape index (κ1) is 16.6. The molecule has 1 aliphatic rings. The third-order valence-electron chi connectivity index (χ3n) is 4.09.